The van der Waals surface area contributed by atoms with Crippen molar-refractivity contribution in [1.29, 1.82) is 0 Å². The average Bonchev–Trinajstić information content (AvgIpc) is 3.16. The number of rotatable bonds is 6. The maximum absolute atomic E-state index is 12.1. The number of nitrogens with one attached hydrogen (secondary N) is 1. The fourth-order valence-electron chi connectivity index (χ4n) is 2.26. The molecule has 2 aromatic carbocycles. The Labute approximate surface area is 171 Å². The Morgan fingerprint density at radius 3 is 2.39 bits per heavy atom. The molecule has 0 saturated heterocycles. The highest BCUT2D eigenvalue weighted by atomic mass is 35.5. The van der Waals surface area contributed by atoms with Gasteiger partial charge in [0.1, 0.15) is 0 Å². The quantitative estimate of drug-likeness (QED) is 0.614. The third-order valence-corrected chi connectivity index (χ3v) is 4.72. The van der Waals surface area contributed by atoms with Crippen LogP contribution in [0.25, 0.3) is 11.5 Å². The zero-order chi connectivity index (χ0) is 20.1. The Bertz CT molecular complexity index is 972. The number of benzene rings is 2. The van der Waals surface area contributed by atoms with Gasteiger partial charge in [-0.1, -0.05) is 23.4 Å². The van der Waals surface area contributed by atoms with Crippen molar-refractivity contribution in [3.05, 3.63) is 59.1 Å². The molecule has 0 unspecified atom stereocenters. The third kappa shape index (κ3) is 5.11. The maximum Gasteiger partial charge on any atom is 0.277 e. The van der Waals surface area contributed by atoms with Crippen molar-refractivity contribution in [3.63, 3.8) is 0 Å². The van der Waals surface area contributed by atoms with Crippen LogP contribution >= 0.6 is 23.4 Å². The van der Waals surface area contributed by atoms with Crippen molar-refractivity contribution in [3.8, 4) is 11.5 Å². The normalized spacial score (nSPS) is 10.5. The number of hydrogen-bond donors (Lipinski definition) is 1. The topological polar surface area (TPSA) is 88.3 Å². The lowest BCUT2D eigenvalue weighted by Crippen LogP contribution is -2.21. The lowest BCUT2D eigenvalue weighted by molar-refractivity contribution is -0.113. The predicted octanol–water partition coefficient (Wildman–Crippen LogP) is 3.82. The fourth-order valence-corrected chi connectivity index (χ4v) is 2.95. The molecule has 1 N–H and O–H groups in total. The van der Waals surface area contributed by atoms with Gasteiger partial charge in [0.05, 0.1) is 5.75 Å². The van der Waals surface area contributed by atoms with Crippen LogP contribution < -0.4 is 5.32 Å². The molecule has 0 atom stereocenters. The van der Waals surface area contributed by atoms with E-state index in [1.54, 1.807) is 62.6 Å². The van der Waals surface area contributed by atoms with Crippen molar-refractivity contribution in [1.82, 2.24) is 15.1 Å². The van der Waals surface area contributed by atoms with E-state index >= 15 is 0 Å². The molecule has 0 bridgehead atoms. The molecule has 3 rings (SSSR count). The first-order valence-electron chi connectivity index (χ1n) is 8.26. The smallest absolute Gasteiger partial charge is 0.277 e. The van der Waals surface area contributed by atoms with Gasteiger partial charge in [-0.25, -0.2) is 0 Å². The minimum Gasteiger partial charge on any atom is -0.411 e. The molecule has 2 amide bonds. The largest absolute Gasteiger partial charge is 0.411 e. The summed E-state index contributed by atoms with van der Waals surface area (Å²) in [6, 6.07) is 13.7. The standard InChI is InChI=1S/C19H17ClN4O3S/c1-24(2)18(26)13-5-9-15(10-6-13)21-16(25)11-28-19-23-22-17(27-19)12-3-7-14(20)8-4-12/h3-10H,11H2,1-2H3,(H,21,25). The van der Waals surface area contributed by atoms with Gasteiger partial charge in [0.25, 0.3) is 11.1 Å². The Morgan fingerprint density at radius 2 is 1.75 bits per heavy atom. The second kappa shape index (κ2) is 8.90. The van der Waals surface area contributed by atoms with E-state index in [1.807, 2.05) is 0 Å². The number of hydrogen-bond acceptors (Lipinski definition) is 6. The van der Waals surface area contributed by atoms with Crippen LogP contribution in [0.4, 0.5) is 5.69 Å². The van der Waals surface area contributed by atoms with Crippen LogP contribution in [0.5, 0.6) is 0 Å². The number of anilines is 1. The first-order valence-corrected chi connectivity index (χ1v) is 9.62. The fraction of sp³-hybridized carbons (Fsp3) is 0.158. The van der Waals surface area contributed by atoms with Crippen LogP contribution in [0.1, 0.15) is 10.4 Å². The molecule has 0 aliphatic carbocycles. The van der Waals surface area contributed by atoms with Gasteiger partial charge in [0, 0.05) is 35.9 Å². The van der Waals surface area contributed by atoms with E-state index in [0.29, 0.717) is 27.4 Å². The first-order chi connectivity index (χ1) is 13.4. The van der Waals surface area contributed by atoms with Crippen LogP contribution in [0.2, 0.25) is 5.02 Å². The van der Waals surface area contributed by atoms with E-state index < -0.39 is 0 Å². The van der Waals surface area contributed by atoms with Gasteiger partial charge in [0.2, 0.25) is 11.8 Å². The molecule has 0 fully saturated rings. The number of nitrogens with zero attached hydrogens (tertiary/aromatic N) is 3. The summed E-state index contributed by atoms with van der Waals surface area (Å²) in [6.45, 7) is 0. The minimum absolute atomic E-state index is 0.0960. The lowest BCUT2D eigenvalue weighted by atomic mass is 10.2. The van der Waals surface area contributed by atoms with Gasteiger partial charge in [-0.15, -0.1) is 10.2 Å². The molecule has 3 aromatic rings. The molecule has 1 aromatic heterocycles. The summed E-state index contributed by atoms with van der Waals surface area (Å²) in [4.78, 5) is 25.5. The summed E-state index contributed by atoms with van der Waals surface area (Å²) in [5, 5.41) is 11.6. The van der Waals surface area contributed by atoms with Crippen molar-refractivity contribution < 1.29 is 14.0 Å². The van der Waals surface area contributed by atoms with Crippen LogP contribution in [0, 0.1) is 0 Å². The Morgan fingerprint density at radius 1 is 1.07 bits per heavy atom. The number of carbonyl (C=O) groups excluding carboxylic acids is 2. The molecule has 9 heteroatoms. The molecule has 0 saturated carbocycles. The molecular weight excluding hydrogens is 400 g/mol. The molecule has 0 spiro atoms. The highest BCUT2D eigenvalue weighted by Crippen LogP contribution is 2.24. The molecule has 0 radical (unpaired) electrons. The second-order valence-electron chi connectivity index (χ2n) is 5.99. The predicted molar refractivity (Wildman–Crippen MR) is 109 cm³/mol. The molecule has 1 heterocycles. The average molecular weight is 417 g/mol. The number of amides is 2. The first kappa shape index (κ1) is 19.9. The van der Waals surface area contributed by atoms with Crippen LogP contribution in [-0.4, -0.2) is 46.8 Å². The van der Waals surface area contributed by atoms with Crippen LogP contribution in [0.15, 0.2) is 58.2 Å². The highest BCUT2D eigenvalue weighted by Gasteiger charge is 2.12. The number of thioether (sulfide) groups is 1. The summed E-state index contributed by atoms with van der Waals surface area (Å²) < 4.78 is 5.55. The summed E-state index contributed by atoms with van der Waals surface area (Å²) in [6.07, 6.45) is 0. The summed E-state index contributed by atoms with van der Waals surface area (Å²) in [7, 11) is 3.37. The van der Waals surface area contributed by atoms with E-state index in [4.69, 9.17) is 16.0 Å². The molecule has 7 nitrogen and oxygen atoms in total. The van der Waals surface area contributed by atoms with Crippen LogP contribution in [0.3, 0.4) is 0 Å². The Balaban J connectivity index is 1.53. The van der Waals surface area contributed by atoms with Crippen molar-refractivity contribution >= 4 is 40.9 Å². The van der Waals surface area contributed by atoms with E-state index in [1.165, 1.54) is 4.90 Å². The summed E-state index contributed by atoms with van der Waals surface area (Å²) >= 11 is 7.00. The van der Waals surface area contributed by atoms with Crippen molar-refractivity contribution in [2.24, 2.45) is 0 Å². The molecule has 0 aliphatic heterocycles. The second-order valence-corrected chi connectivity index (χ2v) is 7.36. The summed E-state index contributed by atoms with van der Waals surface area (Å²) in [5.41, 5.74) is 1.91. The van der Waals surface area contributed by atoms with Gasteiger partial charge in [-0.2, -0.15) is 0 Å². The van der Waals surface area contributed by atoms with Crippen LogP contribution in [-0.2, 0) is 4.79 Å². The molecule has 28 heavy (non-hydrogen) atoms. The number of aromatic nitrogens is 2. The van der Waals surface area contributed by atoms with E-state index in [2.05, 4.69) is 15.5 Å². The zero-order valence-electron chi connectivity index (χ0n) is 15.2. The van der Waals surface area contributed by atoms with Crippen molar-refractivity contribution in [2.75, 3.05) is 25.2 Å². The van der Waals surface area contributed by atoms with E-state index in [-0.39, 0.29) is 17.6 Å². The lowest BCUT2D eigenvalue weighted by Gasteiger charge is -2.10. The Kier molecular flexibility index (Phi) is 6.33. The minimum atomic E-state index is -0.220. The maximum atomic E-state index is 12.1. The van der Waals surface area contributed by atoms with E-state index in [9.17, 15) is 9.59 Å². The molecule has 144 valence electrons. The highest BCUT2D eigenvalue weighted by molar-refractivity contribution is 7.99. The van der Waals surface area contributed by atoms with Crippen molar-refractivity contribution in [2.45, 2.75) is 5.22 Å². The van der Waals surface area contributed by atoms with Gasteiger partial charge >= 0.3 is 0 Å². The molecular formula is C19H17ClN4O3S. The van der Waals surface area contributed by atoms with Gasteiger partial charge in [0.15, 0.2) is 0 Å². The molecule has 0 aliphatic rings. The van der Waals surface area contributed by atoms with Gasteiger partial charge in [-0.05, 0) is 48.5 Å². The number of carbonyl (C=O) groups is 2. The Hall–Kier alpha value is -2.84. The SMILES string of the molecule is CN(C)C(=O)c1ccc(NC(=O)CSc2nnc(-c3ccc(Cl)cc3)o2)cc1. The monoisotopic (exact) mass is 416 g/mol. The third-order valence-electron chi connectivity index (χ3n) is 3.65. The zero-order valence-corrected chi connectivity index (χ0v) is 16.8. The van der Waals surface area contributed by atoms with E-state index in [0.717, 1.165) is 17.3 Å². The van der Waals surface area contributed by atoms with Gasteiger partial charge < -0.3 is 14.6 Å². The van der Waals surface area contributed by atoms with Gasteiger partial charge in [-0.3, -0.25) is 9.59 Å². The summed E-state index contributed by atoms with van der Waals surface area (Å²) in [5.74, 6) is 0.158. The number of halogens is 1.